The number of pyridine rings is 1. The fraction of sp³-hybridized carbons (Fsp3) is 0.179. The minimum absolute atomic E-state index is 0.323. The van der Waals surface area contributed by atoms with Gasteiger partial charge in [-0.3, -0.25) is 4.98 Å². The number of rotatable bonds is 4. The van der Waals surface area contributed by atoms with Crippen LogP contribution in [0.25, 0.3) is 38.9 Å². The van der Waals surface area contributed by atoms with Crippen LogP contribution in [0.5, 0.6) is 5.88 Å². The van der Waals surface area contributed by atoms with Crippen LogP contribution >= 0.6 is 11.6 Å². The minimum atomic E-state index is 0.323. The van der Waals surface area contributed by atoms with E-state index < -0.39 is 0 Å². The molecule has 3 heterocycles. The first-order valence-corrected chi connectivity index (χ1v) is 11.8. The number of hydrogen-bond acceptors (Lipinski definition) is 4. The molecule has 168 valence electrons. The van der Waals surface area contributed by atoms with Gasteiger partial charge in [-0.15, -0.1) is 0 Å². The Morgan fingerprint density at radius 2 is 1.88 bits per heavy atom. The normalized spacial score (nSPS) is 15.8. The fourth-order valence-corrected chi connectivity index (χ4v) is 5.19. The van der Waals surface area contributed by atoms with Gasteiger partial charge in [0.05, 0.1) is 23.9 Å². The molecule has 1 unspecified atom stereocenters. The summed E-state index contributed by atoms with van der Waals surface area (Å²) in [5.41, 5.74) is 6.44. The Bertz CT molecular complexity index is 1540. The topological polar surface area (TPSA) is 52.3 Å². The summed E-state index contributed by atoms with van der Waals surface area (Å²) in [6.45, 7) is 0. The van der Waals surface area contributed by atoms with E-state index in [1.807, 2.05) is 47.0 Å². The van der Waals surface area contributed by atoms with Crippen molar-refractivity contribution in [1.82, 2.24) is 19.6 Å². The Morgan fingerprint density at radius 1 is 1.00 bits per heavy atom. The Kier molecular flexibility index (Phi) is 5.27. The predicted molar refractivity (Wildman–Crippen MR) is 136 cm³/mol. The summed E-state index contributed by atoms with van der Waals surface area (Å²) >= 11 is 6.88. The average Bonchev–Trinajstić information content (AvgIpc) is 3.27. The molecule has 0 N–H and O–H groups in total. The number of methoxy groups -OCH3 is 1. The first kappa shape index (κ1) is 20.9. The molecule has 3 aromatic heterocycles. The highest BCUT2D eigenvalue weighted by Gasteiger charge is 2.28. The van der Waals surface area contributed by atoms with Crippen LogP contribution in [0.2, 0.25) is 5.15 Å². The van der Waals surface area contributed by atoms with Crippen molar-refractivity contribution in [1.29, 1.82) is 0 Å². The molecule has 0 spiro atoms. The second kappa shape index (κ2) is 8.58. The highest BCUT2D eigenvalue weighted by atomic mass is 35.5. The summed E-state index contributed by atoms with van der Waals surface area (Å²) in [6, 6.07) is 20.3. The molecule has 0 amide bonds. The van der Waals surface area contributed by atoms with Gasteiger partial charge in [0.15, 0.2) is 5.65 Å². The zero-order chi connectivity index (χ0) is 23.1. The first-order valence-electron chi connectivity index (χ1n) is 11.5. The smallest absolute Gasteiger partial charge is 0.227 e. The van der Waals surface area contributed by atoms with Gasteiger partial charge in [0, 0.05) is 22.7 Å². The number of ether oxygens (including phenoxy) is 1. The van der Waals surface area contributed by atoms with Crippen molar-refractivity contribution < 1.29 is 4.74 Å². The van der Waals surface area contributed by atoms with E-state index in [0.717, 1.165) is 63.8 Å². The number of allylic oxidation sites excluding steroid dienone is 2. The largest absolute Gasteiger partial charge is 0.480 e. The van der Waals surface area contributed by atoms with Gasteiger partial charge in [-0.25, -0.2) is 4.98 Å². The van der Waals surface area contributed by atoms with Gasteiger partial charge >= 0.3 is 0 Å². The molecule has 1 atom stereocenters. The fourth-order valence-electron chi connectivity index (χ4n) is 4.92. The van der Waals surface area contributed by atoms with Gasteiger partial charge < -0.3 is 4.74 Å². The van der Waals surface area contributed by atoms with Crippen LogP contribution < -0.4 is 4.74 Å². The van der Waals surface area contributed by atoms with Gasteiger partial charge in [-0.05, 0) is 48.9 Å². The SMILES string of the molecule is COc1c(-c2ccc3ncccc3c2)c(Cl)nc2c(C3CC=CCC3)c(-c3ccccc3)nn12. The first-order chi connectivity index (χ1) is 16.7. The zero-order valence-corrected chi connectivity index (χ0v) is 19.5. The highest BCUT2D eigenvalue weighted by molar-refractivity contribution is 6.32. The highest BCUT2D eigenvalue weighted by Crippen LogP contribution is 2.43. The number of fused-ring (bicyclic) bond motifs is 2. The van der Waals surface area contributed by atoms with E-state index in [0.29, 0.717) is 17.0 Å². The van der Waals surface area contributed by atoms with E-state index in [4.69, 9.17) is 26.4 Å². The minimum Gasteiger partial charge on any atom is -0.480 e. The quantitative estimate of drug-likeness (QED) is 0.209. The van der Waals surface area contributed by atoms with Crippen molar-refractivity contribution >= 4 is 28.2 Å². The maximum atomic E-state index is 6.88. The molecule has 0 aliphatic heterocycles. The molecule has 1 aliphatic rings. The van der Waals surface area contributed by atoms with E-state index in [9.17, 15) is 0 Å². The van der Waals surface area contributed by atoms with Crippen LogP contribution in [0, 0.1) is 0 Å². The Hall–Kier alpha value is -3.70. The lowest BCUT2D eigenvalue weighted by Crippen LogP contribution is -2.05. The summed E-state index contributed by atoms with van der Waals surface area (Å²) in [5, 5.41) is 6.48. The number of hydrogen-bond donors (Lipinski definition) is 0. The zero-order valence-electron chi connectivity index (χ0n) is 18.8. The number of benzene rings is 2. The summed E-state index contributed by atoms with van der Waals surface area (Å²) in [5.74, 6) is 0.900. The van der Waals surface area contributed by atoms with Crippen LogP contribution in [0.3, 0.4) is 0 Å². The third-order valence-corrected chi connectivity index (χ3v) is 6.80. The van der Waals surface area contributed by atoms with E-state index in [1.54, 1.807) is 13.3 Å². The van der Waals surface area contributed by atoms with Crippen LogP contribution in [0.1, 0.15) is 30.7 Å². The summed E-state index contributed by atoms with van der Waals surface area (Å²) in [6.07, 6.45) is 9.35. The summed E-state index contributed by atoms with van der Waals surface area (Å²) in [4.78, 5) is 9.34. The number of aromatic nitrogens is 4. The van der Waals surface area contributed by atoms with Crippen LogP contribution in [0.4, 0.5) is 0 Å². The van der Waals surface area contributed by atoms with E-state index in [-0.39, 0.29) is 0 Å². The Balaban J connectivity index is 1.63. The predicted octanol–water partition coefficient (Wildman–Crippen LogP) is 7.10. The average molecular weight is 467 g/mol. The summed E-state index contributed by atoms with van der Waals surface area (Å²) < 4.78 is 7.77. The van der Waals surface area contributed by atoms with E-state index >= 15 is 0 Å². The second-order valence-electron chi connectivity index (χ2n) is 8.54. The molecule has 6 heteroatoms. The van der Waals surface area contributed by atoms with Gasteiger partial charge in [0.2, 0.25) is 5.88 Å². The van der Waals surface area contributed by atoms with E-state index in [1.165, 1.54) is 0 Å². The molecule has 5 nitrogen and oxygen atoms in total. The monoisotopic (exact) mass is 466 g/mol. The van der Waals surface area contributed by atoms with Crippen molar-refractivity contribution in [3.8, 4) is 28.3 Å². The lowest BCUT2D eigenvalue weighted by molar-refractivity contribution is 0.387. The molecule has 2 aromatic carbocycles. The van der Waals surface area contributed by atoms with Gasteiger partial charge in [-0.1, -0.05) is 66.2 Å². The standard InChI is InChI=1S/C28H23ClN4O/c1-34-28-24(21-14-15-22-20(17-21)13-8-16-30-22)26(29)31-27-23(18-9-4-2-5-10-18)25(32-33(27)28)19-11-6-3-7-12-19/h2-4,6-8,11-18H,5,9-10H2,1H3. The third kappa shape index (κ3) is 3.44. The Labute approximate surface area is 202 Å². The maximum absolute atomic E-state index is 6.88. The molecule has 5 aromatic rings. The Morgan fingerprint density at radius 3 is 2.68 bits per heavy atom. The molecule has 0 radical (unpaired) electrons. The molecule has 0 fully saturated rings. The van der Waals surface area contributed by atoms with Gasteiger partial charge in [0.1, 0.15) is 5.15 Å². The van der Waals surface area contributed by atoms with Crippen LogP contribution in [-0.4, -0.2) is 26.7 Å². The lowest BCUT2D eigenvalue weighted by atomic mass is 9.86. The van der Waals surface area contributed by atoms with Crippen LogP contribution in [0.15, 0.2) is 79.0 Å². The molecule has 0 saturated heterocycles. The van der Waals surface area contributed by atoms with Crippen molar-refractivity contribution in [2.75, 3.05) is 7.11 Å². The second-order valence-corrected chi connectivity index (χ2v) is 8.90. The number of nitrogens with zero attached hydrogens (tertiary/aromatic N) is 4. The van der Waals surface area contributed by atoms with Gasteiger partial charge in [0.25, 0.3) is 0 Å². The molecule has 34 heavy (non-hydrogen) atoms. The molecule has 0 bridgehead atoms. The summed E-state index contributed by atoms with van der Waals surface area (Å²) in [7, 11) is 1.66. The molecular formula is C28H23ClN4O. The van der Waals surface area contributed by atoms with Crippen molar-refractivity contribution in [2.24, 2.45) is 0 Å². The van der Waals surface area contributed by atoms with Crippen molar-refractivity contribution in [2.45, 2.75) is 25.2 Å². The maximum Gasteiger partial charge on any atom is 0.227 e. The number of halogens is 1. The van der Waals surface area contributed by atoms with Crippen molar-refractivity contribution in [3.63, 3.8) is 0 Å². The molecule has 6 rings (SSSR count). The molecule has 1 aliphatic carbocycles. The van der Waals surface area contributed by atoms with Gasteiger partial charge in [-0.2, -0.15) is 9.61 Å². The lowest BCUT2D eigenvalue weighted by Gasteiger charge is -2.18. The van der Waals surface area contributed by atoms with E-state index in [2.05, 4.69) is 35.3 Å². The molecule has 0 saturated carbocycles. The van der Waals surface area contributed by atoms with Crippen molar-refractivity contribution in [3.05, 3.63) is 89.7 Å². The van der Waals surface area contributed by atoms with Crippen LogP contribution in [-0.2, 0) is 0 Å². The third-order valence-electron chi connectivity index (χ3n) is 6.52. The molecular weight excluding hydrogens is 444 g/mol.